The second-order valence-electron chi connectivity index (χ2n) is 9.08. The summed E-state index contributed by atoms with van der Waals surface area (Å²) in [5, 5.41) is 0. The Balaban J connectivity index is 1.32. The molecule has 1 aromatic heterocycles. The number of sulfonamides is 1. The van der Waals surface area contributed by atoms with Crippen molar-refractivity contribution < 1.29 is 26.7 Å². The highest BCUT2D eigenvalue weighted by Gasteiger charge is 2.49. The molecule has 2 aliphatic rings. The number of rotatable bonds is 5. The van der Waals surface area contributed by atoms with Crippen molar-refractivity contribution in [3.05, 3.63) is 89.7 Å². The zero-order valence-corrected chi connectivity index (χ0v) is 20.2. The summed E-state index contributed by atoms with van der Waals surface area (Å²) in [6.07, 6.45) is 1.20. The average Bonchev–Trinajstić information content (AvgIpc) is 3.23. The molecule has 0 atom stereocenters. The first kappa shape index (κ1) is 24.2. The lowest BCUT2D eigenvalue weighted by atomic mass is 9.74. The number of amides is 1. The molecule has 36 heavy (non-hydrogen) atoms. The number of carbonyl (C=O) groups is 1. The first-order valence-electron chi connectivity index (χ1n) is 11.6. The second-order valence-corrected chi connectivity index (χ2v) is 10.9. The molecular weight excluding hydrogens is 488 g/mol. The number of aromatic nitrogens is 1. The van der Waals surface area contributed by atoms with Crippen molar-refractivity contribution >= 4 is 21.8 Å². The van der Waals surface area contributed by atoms with Gasteiger partial charge in [0.2, 0.25) is 0 Å². The van der Waals surface area contributed by atoms with E-state index in [1.54, 1.807) is 11.1 Å². The van der Waals surface area contributed by atoms with Crippen LogP contribution in [-0.2, 0) is 26.8 Å². The molecule has 3 aromatic rings. The largest absolute Gasteiger partial charge is 0.445 e. The maximum absolute atomic E-state index is 13.5. The van der Waals surface area contributed by atoms with Crippen LogP contribution in [0, 0.1) is 0 Å². The molecule has 5 rings (SSSR count). The molecule has 1 saturated heterocycles. The Hall–Kier alpha value is -3.53. The van der Waals surface area contributed by atoms with Crippen LogP contribution in [0.4, 0.5) is 19.3 Å². The molecule has 0 aliphatic carbocycles. The van der Waals surface area contributed by atoms with Crippen LogP contribution >= 0.6 is 0 Å². The molecule has 3 heterocycles. The van der Waals surface area contributed by atoms with Gasteiger partial charge in [0, 0.05) is 36.8 Å². The van der Waals surface area contributed by atoms with Crippen molar-refractivity contribution in [1.82, 2.24) is 9.88 Å². The molecule has 10 heteroatoms. The lowest BCUT2D eigenvalue weighted by Gasteiger charge is -2.39. The van der Waals surface area contributed by atoms with Crippen LogP contribution < -0.4 is 4.31 Å². The number of likely N-dealkylation sites (tertiary alicyclic amines) is 1. The van der Waals surface area contributed by atoms with E-state index < -0.39 is 28.0 Å². The predicted octanol–water partition coefficient (Wildman–Crippen LogP) is 4.90. The topological polar surface area (TPSA) is 79.8 Å². The maximum Gasteiger partial charge on any atom is 0.410 e. The van der Waals surface area contributed by atoms with E-state index >= 15 is 0 Å². The zero-order chi connectivity index (χ0) is 25.3. The summed E-state index contributed by atoms with van der Waals surface area (Å²) in [5.74, 6) is 0. The van der Waals surface area contributed by atoms with Gasteiger partial charge < -0.3 is 9.64 Å². The van der Waals surface area contributed by atoms with Crippen molar-refractivity contribution in [3.8, 4) is 0 Å². The summed E-state index contributed by atoms with van der Waals surface area (Å²) < 4.78 is 59.7. The van der Waals surface area contributed by atoms with Crippen LogP contribution in [0.5, 0.6) is 0 Å². The van der Waals surface area contributed by atoms with E-state index in [-0.39, 0.29) is 23.6 Å². The lowest BCUT2D eigenvalue weighted by molar-refractivity contribution is 0.0791. The first-order valence-corrected chi connectivity index (χ1v) is 13.1. The molecule has 0 N–H and O–H groups in total. The molecule has 188 valence electrons. The third-order valence-corrected chi connectivity index (χ3v) is 8.76. The molecule has 2 aliphatic heterocycles. The SMILES string of the molecule is O=C(OCc1ccccc1)N1CCC2(CC1)CN(S(=O)(=O)c1ccc(C(F)F)cc1)c1cnccc12. The van der Waals surface area contributed by atoms with Gasteiger partial charge in [-0.3, -0.25) is 9.29 Å². The molecule has 0 radical (unpaired) electrons. The molecular formula is C26H25F2N3O4S. The molecule has 0 bridgehead atoms. The summed E-state index contributed by atoms with van der Waals surface area (Å²) in [7, 11) is -4.00. The Morgan fingerprint density at radius 1 is 1.03 bits per heavy atom. The number of nitrogens with zero attached hydrogens (tertiary/aromatic N) is 3. The average molecular weight is 514 g/mol. The number of ether oxygens (including phenoxy) is 1. The molecule has 1 amide bonds. The van der Waals surface area contributed by atoms with Gasteiger partial charge in [0.05, 0.1) is 16.8 Å². The zero-order valence-electron chi connectivity index (χ0n) is 19.4. The number of anilines is 1. The third-order valence-electron chi connectivity index (χ3n) is 6.99. The minimum absolute atomic E-state index is 0.0549. The fraction of sp³-hybridized carbons (Fsp3) is 0.308. The maximum atomic E-state index is 13.5. The highest BCUT2D eigenvalue weighted by molar-refractivity contribution is 7.92. The van der Waals surface area contributed by atoms with Gasteiger partial charge in [-0.15, -0.1) is 0 Å². The van der Waals surface area contributed by atoms with Gasteiger partial charge in [-0.25, -0.2) is 22.0 Å². The number of halogens is 2. The number of hydrogen-bond acceptors (Lipinski definition) is 5. The van der Waals surface area contributed by atoms with Crippen LogP contribution in [0.1, 0.15) is 36.0 Å². The number of pyridine rings is 1. The van der Waals surface area contributed by atoms with E-state index in [2.05, 4.69) is 4.98 Å². The quantitative estimate of drug-likeness (QED) is 0.485. The van der Waals surface area contributed by atoms with Gasteiger partial charge in [-0.2, -0.15) is 0 Å². The van der Waals surface area contributed by atoms with Crippen LogP contribution in [0.2, 0.25) is 0 Å². The number of alkyl halides is 2. The van der Waals surface area contributed by atoms with Gasteiger partial charge >= 0.3 is 6.09 Å². The summed E-state index contributed by atoms with van der Waals surface area (Å²) in [6.45, 7) is 1.23. The minimum Gasteiger partial charge on any atom is -0.445 e. The van der Waals surface area contributed by atoms with Crippen LogP contribution in [-0.4, -0.2) is 44.0 Å². The summed E-state index contributed by atoms with van der Waals surface area (Å²) in [6, 6.07) is 15.9. The van der Waals surface area contributed by atoms with Gasteiger partial charge in [-0.05, 0) is 42.2 Å². The monoisotopic (exact) mass is 513 g/mol. The summed E-state index contributed by atoms with van der Waals surface area (Å²) >= 11 is 0. The molecule has 0 unspecified atom stereocenters. The number of carbonyl (C=O) groups excluding carboxylic acids is 1. The highest BCUT2D eigenvalue weighted by Crippen LogP contribution is 2.48. The number of fused-ring (bicyclic) bond motifs is 2. The van der Waals surface area contributed by atoms with Crippen LogP contribution in [0.25, 0.3) is 0 Å². The molecule has 0 saturated carbocycles. The van der Waals surface area contributed by atoms with Crippen LogP contribution in [0.15, 0.2) is 78.0 Å². The van der Waals surface area contributed by atoms with Crippen molar-refractivity contribution in [2.24, 2.45) is 0 Å². The van der Waals surface area contributed by atoms with Gasteiger partial charge in [-0.1, -0.05) is 42.5 Å². The molecule has 7 nitrogen and oxygen atoms in total. The van der Waals surface area contributed by atoms with Gasteiger partial charge in [0.25, 0.3) is 16.4 Å². The number of piperidine rings is 1. The fourth-order valence-electron chi connectivity index (χ4n) is 4.96. The van der Waals surface area contributed by atoms with Crippen molar-refractivity contribution in [1.29, 1.82) is 0 Å². The first-order chi connectivity index (χ1) is 17.3. The van der Waals surface area contributed by atoms with Crippen molar-refractivity contribution in [2.75, 3.05) is 23.9 Å². The van der Waals surface area contributed by atoms with E-state index in [1.165, 1.54) is 22.6 Å². The van der Waals surface area contributed by atoms with Crippen LogP contribution in [0.3, 0.4) is 0 Å². The van der Waals surface area contributed by atoms with E-state index in [1.807, 2.05) is 36.4 Å². The fourth-order valence-corrected chi connectivity index (χ4v) is 6.52. The third kappa shape index (κ3) is 4.41. The Bertz CT molecular complexity index is 1340. The Labute approximate surface area is 208 Å². The van der Waals surface area contributed by atoms with Crippen molar-refractivity contribution in [2.45, 2.75) is 36.2 Å². The second kappa shape index (κ2) is 9.50. The molecule has 1 spiro atoms. The number of benzene rings is 2. The van der Waals surface area contributed by atoms with E-state index in [4.69, 9.17) is 4.74 Å². The Morgan fingerprint density at radius 2 is 1.72 bits per heavy atom. The smallest absolute Gasteiger partial charge is 0.410 e. The van der Waals surface area contributed by atoms with Crippen molar-refractivity contribution in [3.63, 3.8) is 0 Å². The molecule has 1 fully saturated rings. The normalized spacial score (nSPS) is 16.9. The highest BCUT2D eigenvalue weighted by atomic mass is 32.2. The van der Waals surface area contributed by atoms with E-state index in [0.29, 0.717) is 31.6 Å². The number of hydrogen-bond donors (Lipinski definition) is 0. The van der Waals surface area contributed by atoms with Gasteiger partial charge in [0.1, 0.15) is 6.61 Å². The lowest BCUT2D eigenvalue weighted by Crippen LogP contribution is -2.47. The summed E-state index contributed by atoms with van der Waals surface area (Å²) in [5.41, 5.74) is 1.53. The Morgan fingerprint density at radius 3 is 2.39 bits per heavy atom. The Kier molecular flexibility index (Phi) is 6.38. The van der Waals surface area contributed by atoms with E-state index in [9.17, 15) is 22.0 Å². The van der Waals surface area contributed by atoms with E-state index in [0.717, 1.165) is 23.3 Å². The predicted molar refractivity (Wildman–Crippen MR) is 129 cm³/mol. The minimum atomic E-state index is -4.00. The summed E-state index contributed by atoms with van der Waals surface area (Å²) in [4.78, 5) is 18.4. The molecule has 2 aromatic carbocycles. The van der Waals surface area contributed by atoms with Gasteiger partial charge in [0.15, 0.2) is 0 Å². The standard InChI is InChI=1S/C26H25F2N3O4S/c27-24(28)20-6-8-21(9-7-20)36(33,34)31-18-26(22-10-13-29-16-23(22)31)11-14-30(15-12-26)25(32)35-17-19-4-2-1-3-5-19/h1-10,13,16,24H,11-12,14-15,17-18H2.